The van der Waals surface area contributed by atoms with E-state index in [1.165, 1.54) is 17.4 Å². The maximum Gasteiger partial charge on any atom is 0.229 e. The fourth-order valence-corrected chi connectivity index (χ4v) is 4.17. The van der Waals surface area contributed by atoms with Gasteiger partial charge in [-0.2, -0.15) is 5.10 Å². The number of rotatable bonds is 4. The van der Waals surface area contributed by atoms with Gasteiger partial charge in [0.25, 0.3) is 0 Å². The summed E-state index contributed by atoms with van der Waals surface area (Å²) in [6.45, 7) is 1.82. The molecule has 1 aromatic carbocycles. The molecule has 1 saturated carbocycles. The molecular formula is C18H14ClFN6OS. The van der Waals surface area contributed by atoms with Crippen LogP contribution in [-0.2, 0) is 4.79 Å². The highest BCUT2D eigenvalue weighted by molar-refractivity contribution is 7.22. The van der Waals surface area contributed by atoms with Crippen molar-refractivity contribution in [2.45, 2.75) is 19.8 Å². The Bertz CT molecular complexity index is 1220. The number of aromatic amines is 1. The third-order valence-corrected chi connectivity index (χ3v) is 6.14. The molecule has 28 heavy (non-hydrogen) atoms. The van der Waals surface area contributed by atoms with E-state index in [2.05, 4.69) is 25.5 Å². The van der Waals surface area contributed by atoms with Crippen molar-refractivity contribution in [2.24, 2.45) is 5.92 Å². The molecule has 0 bridgehead atoms. The van der Waals surface area contributed by atoms with Crippen LogP contribution in [0.25, 0.3) is 27.4 Å². The highest BCUT2D eigenvalue weighted by atomic mass is 35.5. The standard InChI is InChI=1S/C18H14ClFN6OS/c1-8-2-5-10(20)12(13(8)19)11-6-21-7-26(11)16-14-15(24-25-16)22-18(28-14)23-17(27)9-3-4-9/h2,5-7,9H,3-4H2,1H3,(H2,22,23,24,25,27). The molecule has 2 N–H and O–H groups in total. The second-order valence-electron chi connectivity index (χ2n) is 6.71. The van der Waals surface area contributed by atoms with Gasteiger partial charge in [-0.05, 0) is 31.4 Å². The largest absolute Gasteiger partial charge is 0.302 e. The molecule has 1 aliphatic rings. The average molecular weight is 417 g/mol. The molecule has 142 valence electrons. The molecule has 3 aromatic heterocycles. The number of hydrogen-bond donors (Lipinski definition) is 2. The van der Waals surface area contributed by atoms with E-state index < -0.39 is 5.82 Å². The lowest BCUT2D eigenvalue weighted by molar-refractivity contribution is -0.117. The molecular weight excluding hydrogens is 403 g/mol. The maximum absolute atomic E-state index is 14.5. The quantitative estimate of drug-likeness (QED) is 0.518. The van der Waals surface area contributed by atoms with Crippen LogP contribution in [0.15, 0.2) is 24.7 Å². The molecule has 0 atom stereocenters. The molecule has 0 unspecified atom stereocenters. The Labute approximate surface area is 167 Å². The second kappa shape index (κ2) is 6.39. The average Bonchev–Trinajstić information content (AvgIpc) is 3.12. The zero-order valence-corrected chi connectivity index (χ0v) is 16.2. The molecule has 0 saturated heterocycles. The van der Waals surface area contributed by atoms with E-state index in [0.29, 0.717) is 27.3 Å². The summed E-state index contributed by atoms with van der Waals surface area (Å²) in [6, 6.07) is 3.01. The number of aromatic nitrogens is 5. The van der Waals surface area contributed by atoms with Crippen LogP contribution < -0.4 is 5.32 Å². The van der Waals surface area contributed by atoms with Gasteiger partial charge in [0, 0.05) is 5.92 Å². The number of fused-ring (bicyclic) bond motifs is 1. The van der Waals surface area contributed by atoms with Crippen LogP contribution >= 0.6 is 22.9 Å². The van der Waals surface area contributed by atoms with Crippen LogP contribution in [0, 0.1) is 18.7 Å². The highest BCUT2D eigenvalue weighted by Crippen LogP contribution is 2.37. The van der Waals surface area contributed by atoms with E-state index in [9.17, 15) is 9.18 Å². The monoisotopic (exact) mass is 416 g/mol. The van der Waals surface area contributed by atoms with Gasteiger partial charge in [0.15, 0.2) is 16.6 Å². The predicted molar refractivity (Wildman–Crippen MR) is 105 cm³/mol. The number of nitrogens with zero attached hydrogens (tertiary/aromatic N) is 4. The van der Waals surface area contributed by atoms with Gasteiger partial charge >= 0.3 is 0 Å². The maximum atomic E-state index is 14.5. The first-order valence-corrected chi connectivity index (χ1v) is 9.86. The summed E-state index contributed by atoms with van der Waals surface area (Å²) in [6.07, 6.45) is 4.93. The van der Waals surface area contributed by atoms with Gasteiger partial charge in [0.1, 0.15) is 16.8 Å². The first kappa shape index (κ1) is 17.3. The third-order valence-electron chi connectivity index (χ3n) is 4.68. The first-order chi connectivity index (χ1) is 13.5. The molecule has 4 aromatic rings. The third kappa shape index (κ3) is 2.78. The van der Waals surface area contributed by atoms with Crippen molar-refractivity contribution in [1.29, 1.82) is 0 Å². The van der Waals surface area contributed by atoms with Crippen LogP contribution in [0.5, 0.6) is 0 Å². The number of benzene rings is 1. The number of anilines is 1. The van der Waals surface area contributed by atoms with Crippen LogP contribution in [0.2, 0.25) is 5.02 Å². The molecule has 7 nitrogen and oxygen atoms in total. The minimum atomic E-state index is -0.439. The van der Waals surface area contributed by atoms with Crippen LogP contribution in [0.1, 0.15) is 18.4 Å². The van der Waals surface area contributed by atoms with E-state index in [1.807, 2.05) is 6.92 Å². The van der Waals surface area contributed by atoms with Crippen molar-refractivity contribution in [1.82, 2.24) is 24.7 Å². The summed E-state index contributed by atoms with van der Waals surface area (Å²) >= 11 is 7.68. The van der Waals surface area contributed by atoms with Gasteiger partial charge in [-0.3, -0.25) is 14.5 Å². The van der Waals surface area contributed by atoms with Crippen molar-refractivity contribution in [3.05, 3.63) is 41.1 Å². The predicted octanol–water partition coefficient (Wildman–Crippen LogP) is 4.32. The van der Waals surface area contributed by atoms with Crippen molar-refractivity contribution < 1.29 is 9.18 Å². The van der Waals surface area contributed by atoms with Gasteiger partial charge in [-0.25, -0.2) is 14.4 Å². The molecule has 1 amide bonds. The Kier molecular flexibility index (Phi) is 3.95. The Morgan fingerprint density at radius 2 is 2.25 bits per heavy atom. The molecule has 10 heteroatoms. The second-order valence-corrected chi connectivity index (χ2v) is 8.09. The van der Waals surface area contributed by atoms with Crippen LogP contribution in [-0.4, -0.2) is 30.6 Å². The van der Waals surface area contributed by atoms with Crippen molar-refractivity contribution in [3.8, 4) is 17.1 Å². The fraction of sp³-hybridized carbons (Fsp3) is 0.222. The Hall–Kier alpha value is -2.78. The number of aryl methyl sites for hydroxylation is 1. The number of hydrogen-bond acceptors (Lipinski definition) is 5. The van der Waals surface area contributed by atoms with Gasteiger partial charge in [0.05, 0.1) is 22.5 Å². The molecule has 0 aliphatic heterocycles. The molecule has 1 fully saturated rings. The first-order valence-electron chi connectivity index (χ1n) is 8.66. The smallest absolute Gasteiger partial charge is 0.229 e. The lowest BCUT2D eigenvalue weighted by Crippen LogP contribution is -2.12. The summed E-state index contributed by atoms with van der Waals surface area (Å²) in [5.41, 5.74) is 2.06. The van der Waals surface area contributed by atoms with Crippen molar-refractivity contribution in [3.63, 3.8) is 0 Å². The summed E-state index contributed by atoms with van der Waals surface area (Å²) in [5, 5.41) is 10.8. The SMILES string of the molecule is Cc1ccc(F)c(-c2cncn2-c2n[nH]c3nc(NC(=O)C4CC4)sc23)c1Cl. The zero-order chi connectivity index (χ0) is 19.4. The topological polar surface area (TPSA) is 88.5 Å². The van der Waals surface area contributed by atoms with E-state index in [4.69, 9.17) is 11.6 Å². The minimum Gasteiger partial charge on any atom is -0.302 e. The number of carbonyl (C=O) groups excluding carboxylic acids is 1. The summed E-state index contributed by atoms with van der Waals surface area (Å²) in [4.78, 5) is 20.5. The van der Waals surface area contributed by atoms with E-state index in [-0.39, 0.29) is 17.4 Å². The Balaban J connectivity index is 1.59. The number of thiazole rings is 1. The fourth-order valence-electron chi connectivity index (χ4n) is 3.01. The number of halogens is 2. The van der Waals surface area contributed by atoms with Crippen LogP contribution in [0.4, 0.5) is 9.52 Å². The van der Waals surface area contributed by atoms with Crippen LogP contribution in [0.3, 0.4) is 0 Å². The number of imidazole rings is 1. The van der Waals surface area contributed by atoms with Gasteiger partial charge in [-0.15, -0.1) is 0 Å². The van der Waals surface area contributed by atoms with E-state index >= 15 is 0 Å². The molecule has 3 heterocycles. The zero-order valence-electron chi connectivity index (χ0n) is 14.7. The van der Waals surface area contributed by atoms with Crippen molar-refractivity contribution >= 4 is 44.3 Å². The lowest BCUT2D eigenvalue weighted by atomic mass is 10.1. The highest BCUT2D eigenvalue weighted by Gasteiger charge is 2.30. The lowest BCUT2D eigenvalue weighted by Gasteiger charge is -2.10. The molecule has 0 spiro atoms. The van der Waals surface area contributed by atoms with Crippen molar-refractivity contribution in [2.75, 3.05) is 5.32 Å². The number of carbonyl (C=O) groups is 1. The molecule has 5 rings (SSSR count). The summed E-state index contributed by atoms with van der Waals surface area (Å²) in [7, 11) is 0. The number of amides is 1. The van der Waals surface area contributed by atoms with Gasteiger partial charge < -0.3 is 5.32 Å². The van der Waals surface area contributed by atoms with Gasteiger partial charge in [-0.1, -0.05) is 29.0 Å². The van der Waals surface area contributed by atoms with E-state index in [0.717, 1.165) is 23.1 Å². The molecule has 0 radical (unpaired) electrons. The Morgan fingerprint density at radius 1 is 1.43 bits per heavy atom. The van der Waals surface area contributed by atoms with E-state index in [1.54, 1.807) is 23.2 Å². The number of H-pyrrole nitrogens is 1. The molecule has 1 aliphatic carbocycles. The Morgan fingerprint density at radius 3 is 3.04 bits per heavy atom. The normalized spacial score (nSPS) is 14.0. The summed E-state index contributed by atoms with van der Waals surface area (Å²) in [5.74, 6) is 0.157. The minimum absolute atomic E-state index is 0.0113. The summed E-state index contributed by atoms with van der Waals surface area (Å²) < 4.78 is 16.9. The number of nitrogens with one attached hydrogen (secondary N) is 2. The van der Waals surface area contributed by atoms with Gasteiger partial charge in [0.2, 0.25) is 5.91 Å².